The van der Waals surface area contributed by atoms with Crippen LogP contribution in [0.5, 0.6) is 5.75 Å². The minimum atomic E-state index is -4.83. The maximum atomic E-state index is 14.3. The molecule has 2 N–H and O–H groups in total. The Morgan fingerprint density at radius 1 is 0.953 bits per heavy atom. The number of nitrogens with two attached hydrogens (primary N) is 1. The summed E-state index contributed by atoms with van der Waals surface area (Å²) < 4.78 is 51.2. The number of para-hydroxylation sites is 1. The van der Waals surface area contributed by atoms with Crippen LogP contribution < -0.4 is 21.1 Å². The molecule has 0 unspecified atom stereocenters. The molecule has 3 amide bonds. The van der Waals surface area contributed by atoms with E-state index in [0.29, 0.717) is 22.8 Å². The van der Waals surface area contributed by atoms with Crippen LogP contribution in [-0.2, 0) is 23.9 Å². The molecule has 12 heteroatoms. The summed E-state index contributed by atoms with van der Waals surface area (Å²) in [5, 5.41) is 0. The number of aromatic nitrogens is 2. The van der Waals surface area contributed by atoms with E-state index in [1.165, 1.54) is 15.2 Å². The predicted octanol–water partition coefficient (Wildman–Crippen LogP) is 5.21. The normalized spacial score (nSPS) is 11.5. The summed E-state index contributed by atoms with van der Waals surface area (Å²) in [4.78, 5) is 41.1. The van der Waals surface area contributed by atoms with Crippen molar-refractivity contribution in [3.8, 4) is 11.4 Å². The van der Waals surface area contributed by atoms with E-state index in [9.17, 15) is 27.6 Å². The van der Waals surface area contributed by atoms with Gasteiger partial charge in [-0.15, -0.1) is 0 Å². The molecule has 0 aliphatic heterocycles. The minimum absolute atomic E-state index is 0.0147. The number of carbonyl (C=O) groups is 2. The van der Waals surface area contributed by atoms with Gasteiger partial charge in [-0.1, -0.05) is 18.2 Å². The monoisotopic (exact) mass is 597 g/mol. The van der Waals surface area contributed by atoms with Crippen LogP contribution in [0.3, 0.4) is 0 Å². The SMILES string of the molecule is CCN(CC)c1ccc(-n2c(=O)n(CCCOc3ccccc3)c3c(CC(=O)N(C)C(N)=O)c(C(F)(F)F)ccc32)cc1. The average Bonchev–Trinajstić information content (AvgIpc) is 3.27. The molecule has 3 aromatic carbocycles. The highest BCUT2D eigenvalue weighted by Gasteiger charge is 2.36. The number of imidazole rings is 1. The second-order valence-corrected chi connectivity index (χ2v) is 9.90. The topological polar surface area (TPSA) is 103 Å². The van der Waals surface area contributed by atoms with Crippen LogP contribution in [0, 0.1) is 0 Å². The van der Waals surface area contributed by atoms with E-state index >= 15 is 0 Å². The Hall–Kier alpha value is -4.74. The number of likely N-dealkylation sites (N-methyl/N-ethyl adjacent to an activating group) is 1. The number of imide groups is 1. The second-order valence-electron chi connectivity index (χ2n) is 9.90. The van der Waals surface area contributed by atoms with E-state index in [0.717, 1.165) is 31.9 Å². The molecule has 0 bridgehead atoms. The largest absolute Gasteiger partial charge is 0.494 e. The Balaban J connectivity index is 1.87. The first-order valence-corrected chi connectivity index (χ1v) is 13.9. The Morgan fingerprint density at radius 3 is 2.19 bits per heavy atom. The molecule has 1 heterocycles. The van der Waals surface area contributed by atoms with Crippen molar-refractivity contribution >= 4 is 28.7 Å². The number of ether oxygens (including phenoxy) is 1. The number of halogens is 3. The van der Waals surface area contributed by atoms with Gasteiger partial charge >= 0.3 is 17.9 Å². The van der Waals surface area contributed by atoms with Crippen molar-refractivity contribution in [3.05, 3.63) is 88.3 Å². The molecule has 0 aliphatic carbocycles. The smallest absolute Gasteiger partial charge is 0.416 e. The number of nitrogens with zero attached hydrogens (tertiary/aromatic N) is 4. The summed E-state index contributed by atoms with van der Waals surface area (Å²) in [7, 11) is 1.09. The number of benzene rings is 3. The number of aryl methyl sites for hydroxylation is 1. The molecule has 0 radical (unpaired) electrons. The summed E-state index contributed by atoms with van der Waals surface area (Å²) in [5.41, 5.74) is 4.70. The molecule has 4 rings (SSSR count). The molecule has 9 nitrogen and oxygen atoms in total. The van der Waals surface area contributed by atoms with Crippen LogP contribution in [0.2, 0.25) is 0 Å². The number of anilines is 1. The van der Waals surface area contributed by atoms with Gasteiger partial charge in [-0.05, 0) is 74.4 Å². The highest BCUT2D eigenvalue weighted by molar-refractivity contribution is 5.96. The second kappa shape index (κ2) is 13.1. The molecular formula is C31H34F3N5O4. The summed E-state index contributed by atoms with van der Waals surface area (Å²) in [6.45, 7) is 5.80. The van der Waals surface area contributed by atoms with E-state index < -0.39 is 41.4 Å². The molecule has 43 heavy (non-hydrogen) atoms. The maximum Gasteiger partial charge on any atom is 0.416 e. The van der Waals surface area contributed by atoms with Crippen molar-refractivity contribution in [1.82, 2.24) is 14.0 Å². The van der Waals surface area contributed by atoms with Gasteiger partial charge in [0.25, 0.3) is 0 Å². The highest BCUT2D eigenvalue weighted by Crippen LogP contribution is 2.37. The highest BCUT2D eigenvalue weighted by atomic mass is 19.4. The number of fused-ring (bicyclic) bond motifs is 1. The van der Waals surface area contributed by atoms with E-state index in [1.54, 1.807) is 24.3 Å². The van der Waals surface area contributed by atoms with Crippen molar-refractivity contribution < 1.29 is 27.5 Å². The molecule has 0 saturated carbocycles. The van der Waals surface area contributed by atoms with Crippen LogP contribution >= 0.6 is 0 Å². The number of amides is 3. The Kier molecular flexibility index (Phi) is 9.47. The number of rotatable bonds is 11. The molecule has 0 spiro atoms. The van der Waals surface area contributed by atoms with E-state index in [-0.39, 0.29) is 24.2 Å². The van der Waals surface area contributed by atoms with Gasteiger partial charge in [0.1, 0.15) is 5.75 Å². The minimum Gasteiger partial charge on any atom is -0.494 e. The van der Waals surface area contributed by atoms with Crippen molar-refractivity contribution in [2.75, 3.05) is 31.6 Å². The fraction of sp³-hybridized carbons (Fsp3) is 0.323. The first-order valence-electron chi connectivity index (χ1n) is 13.9. The summed E-state index contributed by atoms with van der Waals surface area (Å²) in [6, 6.07) is 17.2. The fourth-order valence-corrected chi connectivity index (χ4v) is 5.05. The third-order valence-electron chi connectivity index (χ3n) is 7.31. The van der Waals surface area contributed by atoms with Gasteiger partial charge in [0.15, 0.2) is 0 Å². The zero-order valence-corrected chi connectivity index (χ0v) is 24.2. The number of primary amides is 1. The first-order chi connectivity index (χ1) is 20.5. The summed E-state index contributed by atoms with van der Waals surface area (Å²) in [5.74, 6) is -0.320. The Bertz CT molecular complexity index is 1640. The molecule has 4 aromatic rings. The Labute approximate surface area is 246 Å². The molecule has 0 aliphatic rings. The lowest BCUT2D eigenvalue weighted by molar-refractivity contribution is -0.138. The van der Waals surface area contributed by atoms with Crippen LogP contribution in [-0.4, -0.2) is 52.7 Å². The van der Waals surface area contributed by atoms with Gasteiger partial charge < -0.3 is 15.4 Å². The number of carbonyl (C=O) groups excluding carboxylic acids is 2. The van der Waals surface area contributed by atoms with Crippen molar-refractivity contribution in [2.24, 2.45) is 5.73 Å². The lowest BCUT2D eigenvalue weighted by Gasteiger charge is -2.21. The van der Waals surface area contributed by atoms with Crippen LogP contribution in [0.4, 0.5) is 23.7 Å². The quantitative estimate of drug-likeness (QED) is 0.239. The average molecular weight is 598 g/mol. The first kappa shape index (κ1) is 31.2. The zero-order valence-electron chi connectivity index (χ0n) is 24.2. The molecule has 1 aromatic heterocycles. The van der Waals surface area contributed by atoms with Gasteiger partial charge in [0.05, 0.1) is 35.3 Å². The van der Waals surface area contributed by atoms with Crippen molar-refractivity contribution in [1.29, 1.82) is 0 Å². The number of hydrogen-bond donors (Lipinski definition) is 1. The van der Waals surface area contributed by atoms with E-state index in [4.69, 9.17) is 10.5 Å². The maximum absolute atomic E-state index is 14.3. The molecule has 0 fully saturated rings. The third kappa shape index (κ3) is 6.68. The lowest BCUT2D eigenvalue weighted by Crippen LogP contribution is -2.38. The van der Waals surface area contributed by atoms with Gasteiger partial charge in [-0.2, -0.15) is 13.2 Å². The molecule has 0 atom stereocenters. The number of alkyl halides is 3. The third-order valence-corrected chi connectivity index (χ3v) is 7.31. The fourth-order valence-electron chi connectivity index (χ4n) is 5.05. The van der Waals surface area contributed by atoms with Crippen molar-refractivity contribution in [2.45, 2.75) is 39.4 Å². The van der Waals surface area contributed by atoms with Crippen molar-refractivity contribution in [3.63, 3.8) is 0 Å². The predicted molar refractivity (Wildman–Crippen MR) is 159 cm³/mol. The van der Waals surface area contributed by atoms with E-state index in [1.807, 2.05) is 44.2 Å². The van der Waals surface area contributed by atoms with Gasteiger partial charge in [-0.25, -0.2) is 9.59 Å². The Morgan fingerprint density at radius 2 is 1.60 bits per heavy atom. The molecule has 228 valence electrons. The summed E-state index contributed by atoms with van der Waals surface area (Å²) >= 11 is 0. The lowest BCUT2D eigenvalue weighted by atomic mass is 10.0. The number of urea groups is 1. The van der Waals surface area contributed by atoms with Gasteiger partial charge in [-0.3, -0.25) is 18.8 Å². The summed E-state index contributed by atoms with van der Waals surface area (Å²) in [6.07, 6.45) is -5.34. The standard InChI is InChI=1S/C31H34F3N5O4/c1-4-37(5-2)21-12-14-22(15-13-21)39-26-17-16-25(31(32,33)34)24(20-27(40)36(3)29(35)41)28(26)38(30(39)42)18-9-19-43-23-10-7-6-8-11-23/h6-8,10-17H,4-5,9,18-20H2,1-3H3,(H2,35,41). The number of hydrogen-bond acceptors (Lipinski definition) is 5. The van der Waals surface area contributed by atoms with Crippen LogP contribution in [0.15, 0.2) is 71.5 Å². The van der Waals surface area contributed by atoms with E-state index in [2.05, 4.69) is 4.90 Å². The zero-order chi connectivity index (χ0) is 31.3. The van der Waals surface area contributed by atoms with Gasteiger partial charge in [0, 0.05) is 32.4 Å². The van der Waals surface area contributed by atoms with Gasteiger partial charge in [0.2, 0.25) is 5.91 Å². The van der Waals surface area contributed by atoms with Crippen LogP contribution in [0.1, 0.15) is 31.4 Å². The molecular weight excluding hydrogens is 563 g/mol. The van der Waals surface area contributed by atoms with Crippen LogP contribution in [0.25, 0.3) is 16.7 Å². The molecule has 0 saturated heterocycles.